The first-order valence-corrected chi connectivity index (χ1v) is 9.59. The highest BCUT2D eigenvalue weighted by Gasteiger charge is 2.13. The van der Waals surface area contributed by atoms with Gasteiger partial charge in [-0.05, 0) is 32.4 Å². The van der Waals surface area contributed by atoms with Gasteiger partial charge in [-0.2, -0.15) is 0 Å². The minimum Gasteiger partial charge on any atom is -0.393 e. The van der Waals surface area contributed by atoms with Crippen molar-refractivity contribution in [3.63, 3.8) is 0 Å². The number of hydrogen-bond acceptors (Lipinski definition) is 9. The van der Waals surface area contributed by atoms with Gasteiger partial charge in [0.2, 0.25) is 0 Å². The molecule has 0 fully saturated rings. The van der Waals surface area contributed by atoms with Crippen LogP contribution in [0, 0.1) is 20.8 Å². The molecule has 0 radical (unpaired) electrons. The number of aryl methyl sites for hydroxylation is 3. The van der Waals surface area contributed by atoms with E-state index < -0.39 is 0 Å². The summed E-state index contributed by atoms with van der Waals surface area (Å²) < 4.78 is 1.12. The van der Waals surface area contributed by atoms with Crippen molar-refractivity contribution in [3.8, 4) is 0 Å². The van der Waals surface area contributed by atoms with Gasteiger partial charge in [-0.15, -0.1) is 11.3 Å². The molecule has 26 heavy (non-hydrogen) atoms. The van der Waals surface area contributed by atoms with E-state index in [4.69, 9.17) is 5.73 Å². The largest absolute Gasteiger partial charge is 0.393 e. The van der Waals surface area contributed by atoms with Crippen LogP contribution in [0.2, 0.25) is 0 Å². The van der Waals surface area contributed by atoms with Crippen LogP contribution in [-0.4, -0.2) is 19.9 Å². The molecule has 3 heterocycles. The van der Waals surface area contributed by atoms with Crippen molar-refractivity contribution in [1.82, 2.24) is 19.9 Å². The van der Waals surface area contributed by atoms with Crippen LogP contribution in [0.3, 0.4) is 0 Å². The molecule has 0 atom stereocenters. The fraction of sp³-hybridized carbons (Fsp3) is 0.176. The average molecular weight is 384 g/mol. The summed E-state index contributed by atoms with van der Waals surface area (Å²) in [5.41, 5.74) is 9.79. The van der Waals surface area contributed by atoms with Gasteiger partial charge in [0.1, 0.15) is 12.0 Å². The zero-order valence-electron chi connectivity index (χ0n) is 14.5. The molecule has 9 heteroatoms. The van der Waals surface area contributed by atoms with E-state index in [1.54, 1.807) is 22.7 Å². The molecule has 132 valence electrons. The highest BCUT2D eigenvalue weighted by atomic mass is 32.1. The van der Waals surface area contributed by atoms with Crippen molar-refractivity contribution in [2.45, 2.75) is 20.8 Å². The van der Waals surface area contributed by atoms with Gasteiger partial charge in [-0.3, -0.25) is 0 Å². The van der Waals surface area contributed by atoms with Crippen LogP contribution >= 0.6 is 22.7 Å². The van der Waals surface area contributed by atoms with E-state index in [0.29, 0.717) is 17.3 Å². The Labute approximate surface area is 158 Å². The molecule has 4 rings (SSSR count). The van der Waals surface area contributed by atoms with Crippen LogP contribution < -0.4 is 16.4 Å². The molecule has 0 amide bonds. The fourth-order valence-electron chi connectivity index (χ4n) is 2.46. The molecule has 0 aliphatic rings. The topological polar surface area (TPSA) is 102 Å². The number of para-hydroxylation sites is 1. The van der Waals surface area contributed by atoms with Gasteiger partial charge < -0.3 is 16.4 Å². The minimum absolute atomic E-state index is 0.425. The molecule has 4 aromatic rings. The summed E-state index contributed by atoms with van der Waals surface area (Å²) in [6.07, 6.45) is 1.47. The predicted octanol–water partition coefficient (Wildman–Crippen LogP) is 4.54. The first kappa shape index (κ1) is 16.7. The molecule has 0 aliphatic carbocycles. The van der Waals surface area contributed by atoms with Crippen molar-refractivity contribution in [3.05, 3.63) is 40.7 Å². The summed E-state index contributed by atoms with van der Waals surface area (Å²) in [7, 11) is 0. The number of aromatic nitrogens is 4. The van der Waals surface area contributed by atoms with Crippen molar-refractivity contribution >= 4 is 60.5 Å². The molecule has 3 aromatic heterocycles. The molecule has 0 aliphatic heterocycles. The Morgan fingerprint density at radius 1 is 0.923 bits per heavy atom. The average Bonchev–Trinajstić information content (AvgIpc) is 3.15. The van der Waals surface area contributed by atoms with E-state index in [1.165, 1.54) is 6.33 Å². The van der Waals surface area contributed by atoms with E-state index in [2.05, 4.69) is 36.6 Å². The second kappa shape index (κ2) is 6.50. The van der Waals surface area contributed by atoms with Crippen LogP contribution in [0.1, 0.15) is 16.1 Å². The number of anilines is 5. The molecular weight excluding hydrogens is 366 g/mol. The standard InChI is InChI=1S/C17H17N7S2/c1-8-5-4-6-11-13(8)22-17(26-11)24-15-12(18)14(19-7-20-15)23-16-21-9(2)10(3)25-16/h4-7H,18H2,1-3H3,(H2,19,20,21,22,23,24). The number of nitrogen functional groups attached to an aromatic ring is 1. The molecule has 0 saturated carbocycles. The van der Waals surface area contributed by atoms with E-state index in [9.17, 15) is 0 Å². The van der Waals surface area contributed by atoms with Gasteiger partial charge >= 0.3 is 0 Å². The van der Waals surface area contributed by atoms with Crippen molar-refractivity contribution in [1.29, 1.82) is 0 Å². The van der Waals surface area contributed by atoms with Gasteiger partial charge in [-0.1, -0.05) is 23.5 Å². The SMILES string of the molecule is Cc1nc(Nc2ncnc(Nc3nc4c(C)cccc4s3)c2N)sc1C. The highest BCUT2D eigenvalue weighted by Crippen LogP contribution is 2.33. The summed E-state index contributed by atoms with van der Waals surface area (Å²) in [4.78, 5) is 18.7. The minimum atomic E-state index is 0.425. The molecular formula is C17H17N7S2. The number of nitrogens with two attached hydrogens (primary N) is 1. The van der Waals surface area contributed by atoms with Crippen LogP contribution in [0.25, 0.3) is 10.2 Å². The Kier molecular flexibility index (Phi) is 4.17. The highest BCUT2D eigenvalue weighted by molar-refractivity contribution is 7.22. The summed E-state index contributed by atoms with van der Waals surface area (Å²) in [6.45, 7) is 6.05. The van der Waals surface area contributed by atoms with Gasteiger partial charge in [0.05, 0.1) is 15.9 Å². The van der Waals surface area contributed by atoms with Gasteiger partial charge in [0.15, 0.2) is 21.9 Å². The lowest BCUT2D eigenvalue weighted by atomic mass is 10.2. The van der Waals surface area contributed by atoms with Gasteiger partial charge in [-0.25, -0.2) is 19.9 Å². The lowest BCUT2D eigenvalue weighted by molar-refractivity contribution is 1.16. The van der Waals surface area contributed by atoms with Gasteiger partial charge in [0.25, 0.3) is 0 Å². The third-order valence-corrected chi connectivity index (χ3v) is 5.91. The van der Waals surface area contributed by atoms with Crippen LogP contribution in [0.5, 0.6) is 0 Å². The summed E-state index contributed by atoms with van der Waals surface area (Å²) >= 11 is 3.12. The molecule has 0 unspecified atom stereocenters. The lowest BCUT2D eigenvalue weighted by Crippen LogP contribution is -2.05. The maximum Gasteiger partial charge on any atom is 0.189 e. The van der Waals surface area contributed by atoms with Crippen LogP contribution in [0.15, 0.2) is 24.5 Å². The fourth-order valence-corrected chi connectivity index (χ4v) is 4.22. The van der Waals surface area contributed by atoms with Crippen molar-refractivity contribution in [2.75, 3.05) is 16.4 Å². The Bertz CT molecular complexity index is 1080. The van der Waals surface area contributed by atoms with Gasteiger partial charge in [0, 0.05) is 4.88 Å². The summed E-state index contributed by atoms with van der Waals surface area (Å²) in [5, 5.41) is 7.87. The Hall–Kier alpha value is -2.78. The van der Waals surface area contributed by atoms with E-state index in [0.717, 1.165) is 36.6 Å². The zero-order chi connectivity index (χ0) is 18.3. The van der Waals surface area contributed by atoms with Crippen molar-refractivity contribution < 1.29 is 0 Å². The van der Waals surface area contributed by atoms with Crippen molar-refractivity contribution in [2.24, 2.45) is 0 Å². The number of nitrogens with one attached hydrogen (secondary N) is 2. The Balaban J connectivity index is 1.63. The maximum absolute atomic E-state index is 6.25. The zero-order valence-corrected chi connectivity index (χ0v) is 16.1. The first-order valence-electron chi connectivity index (χ1n) is 7.96. The van der Waals surface area contributed by atoms with E-state index >= 15 is 0 Å². The summed E-state index contributed by atoms with van der Waals surface area (Å²) in [5.74, 6) is 1.04. The molecule has 1 aromatic carbocycles. The molecule has 0 spiro atoms. The number of rotatable bonds is 4. The number of benzene rings is 1. The number of hydrogen-bond donors (Lipinski definition) is 3. The molecule has 4 N–H and O–H groups in total. The smallest absolute Gasteiger partial charge is 0.189 e. The molecule has 0 bridgehead atoms. The van der Waals surface area contributed by atoms with Crippen LogP contribution in [-0.2, 0) is 0 Å². The van der Waals surface area contributed by atoms with Crippen LogP contribution in [0.4, 0.5) is 27.6 Å². The number of thiazole rings is 2. The molecule has 0 saturated heterocycles. The first-order chi connectivity index (χ1) is 12.5. The third-order valence-electron chi connectivity index (χ3n) is 3.98. The Morgan fingerprint density at radius 3 is 2.23 bits per heavy atom. The quantitative estimate of drug-likeness (QED) is 0.475. The summed E-state index contributed by atoms with van der Waals surface area (Å²) in [6, 6.07) is 6.12. The monoisotopic (exact) mass is 383 g/mol. The van der Waals surface area contributed by atoms with E-state index in [-0.39, 0.29) is 0 Å². The Morgan fingerprint density at radius 2 is 1.62 bits per heavy atom. The normalized spacial score (nSPS) is 11.0. The second-order valence-electron chi connectivity index (χ2n) is 5.84. The number of fused-ring (bicyclic) bond motifs is 1. The lowest BCUT2D eigenvalue weighted by Gasteiger charge is -2.09. The molecule has 7 nitrogen and oxygen atoms in total. The second-order valence-corrected chi connectivity index (χ2v) is 8.07. The maximum atomic E-state index is 6.25. The third kappa shape index (κ3) is 3.06. The number of nitrogens with zero attached hydrogens (tertiary/aromatic N) is 4. The predicted molar refractivity (Wildman–Crippen MR) is 109 cm³/mol. The van der Waals surface area contributed by atoms with E-state index in [1.807, 2.05) is 32.9 Å².